The summed E-state index contributed by atoms with van der Waals surface area (Å²) < 4.78 is 42.9. The van der Waals surface area contributed by atoms with Crippen LogP contribution in [0.25, 0.3) is 0 Å². The summed E-state index contributed by atoms with van der Waals surface area (Å²) in [5.74, 6) is -1.10. The van der Waals surface area contributed by atoms with Crippen molar-refractivity contribution in [2.75, 3.05) is 17.4 Å². The lowest BCUT2D eigenvalue weighted by Crippen LogP contribution is -2.51. The Morgan fingerprint density at radius 3 is 2.31 bits per heavy atom. The van der Waals surface area contributed by atoms with E-state index < -0.39 is 77.2 Å². The number of phosphoric ester groups is 1. The Bertz CT molecular complexity index is 1100. The fourth-order valence-corrected chi connectivity index (χ4v) is 4.99. The van der Waals surface area contributed by atoms with Gasteiger partial charge in [0.1, 0.15) is 17.9 Å². The number of hydroxylamine groups is 1. The second kappa shape index (κ2) is 9.34. The van der Waals surface area contributed by atoms with Crippen LogP contribution in [0.15, 0.2) is 9.79 Å². The third kappa shape index (κ3) is 6.70. The Labute approximate surface area is 175 Å². The van der Waals surface area contributed by atoms with Crippen LogP contribution < -0.4 is 35.9 Å². The van der Waals surface area contributed by atoms with Crippen molar-refractivity contribution in [3.05, 3.63) is 10.4 Å². The second-order valence-electron chi connectivity index (χ2n) is 5.69. The van der Waals surface area contributed by atoms with E-state index in [0.717, 1.165) is 0 Å². The smallest absolute Gasteiger partial charge is 0.280 e. The maximum Gasteiger partial charge on any atom is 0.280 e. The molecule has 20 nitrogen and oxygen atoms in total. The van der Waals surface area contributed by atoms with Crippen LogP contribution in [0.1, 0.15) is 0 Å². The number of hydrogen-bond acceptors (Lipinski definition) is 19. The molecule has 0 saturated carbocycles. The zero-order valence-electron chi connectivity index (χ0n) is 15.0. The molecule has 0 bridgehead atoms. The Balaban J connectivity index is 2.15. The summed E-state index contributed by atoms with van der Waals surface area (Å²) in [5.41, 5.74) is 2.66. The third-order valence-electron chi connectivity index (χ3n) is 3.32. The zero-order valence-corrected chi connectivity index (χ0v) is 17.7. The SMILES string of the molecule is Nc1nc2c(c(=O)[nH]1)N=C(C(O)C(O)COP(=O)([O-])OP(=O)([O-])OP(=O)([O-])[O-])C(O)N2O. The van der Waals surface area contributed by atoms with Gasteiger partial charge < -0.3 is 49.7 Å². The van der Waals surface area contributed by atoms with Crippen LogP contribution in [0, 0.1) is 0 Å². The van der Waals surface area contributed by atoms with Gasteiger partial charge in [0.25, 0.3) is 21.2 Å². The average molecular weight is 523 g/mol. The van der Waals surface area contributed by atoms with Crippen LogP contribution in [0.4, 0.5) is 17.5 Å². The van der Waals surface area contributed by atoms with E-state index in [4.69, 9.17) is 5.73 Å². The molecule has 0 amide bonds. The van der Waals surface area contributed by atoms with Crippen molar-refractivity contribution in [3.8, 4) is 0 Å². The van der Waals surface area contributed by atoms with Crippen molar-refractivity contribution in [1.29, 1.82) is 0 Å². The van der Waals surface area contributed by atoms with Crippen LogP contribution >= 0.6 is 23.5 Å². The fourth-order valence-electron chi connectivity index (χ4n) is 2.12. The maximum atomic E-state index is 11.9. The molecule has 1 aromatic rings. The van der Waals surface area contributed by atoms with Gasteiger partial charge in [0.05, 0.1) is 14.4 Å². The van der Waals surface area contributed by atoms with E-state index in [2.05, 4.69) is 23.1 Å². The Morgan fingerprint density at radius 1 is 1.16 bits per heavy atom. The van der Waals surface area contributed by atoms with Gasteiger partial charge in [0.2, 0.25) is 5.95 Å². The number of nitrogens with zero attached hydrogens (tertiary/aromatic N) is 3. The van der Waals surface area contributed by atoms with Crippen molar-refractivity contribution in [3.63, 3.8) is 0 Å². The highest BCUT2D eigenvalue weighted by Crippen LogP contribution is 2.60. The molecule has 0 fully saturated rings. The highest BCUT2D eigenvalue weighted by atomic mass is 31.3. The fraction of sp³-hybridized carbons (Fsp3) is 0.444. The Morgan fingerprint density at radius 2 is 1.75 bits per heavy atom. The summed E-state index contributed by atoms with van der Waals surface area (Å²) in [4.78, 5) is 63.9. The number of hydrogen-bond donors (Lipinski definition) is 6. The standard InChI is InChI=1S/C9H16N5O15P3/c10-9-12-6-4(7(17)13-9)11-3(8(18)14(6)19)5(16)2(15)1-27-31(23,24)29-32(25,26)28-30(20,21)22/h2,5,8,15-16,18-19H,1H2,(H,23,24)(H,25,26)(H2,20,21,22)(H3,10,12,13,17)/p-4. The first-order valence-corrected chi connectivity index (χ1v) is 12.0. The van der Waals surface area contributed by atoms with E-state index in [1.165, 1.54) is 0 Å². The summed E-state index contributed by atoms with van der Waals surface area (Å²) in [5, 5.41) is 39.8. The highest BCUT2D eigenvalue weighted by Gasteiger charge is 2.37. The molecule has 0 saturated heterocycles. The third-order valence-corrected chi connectivity index (χ3v) is 6.99. The van der Waals surface area contributed by atoms with Gasteiger partial charge in [-0.2, -0.15) is 4.98 Å². The van der Waals surface area contributed by atoms with Crippen molar-refractivity contribution in [2.45, 2.75) is 18.4 Å². The predicted molar refractivity (Wildman–Crippen MR) is 89.6 cm³/mol. The molecule has 0 spiro atoms. The number of H-pyrrole nitrogens is 1. The number of aliphatic imine (C=N–C) groups is 1. The molecule has 182 valence electrons. The first-order valence-electron chi connectivity index (χ1n) is 7.64. The van der Waals surface area contributed by atoms with Crippen molar-refractivity contribution in [1.82, 2.24) is 9.97 Å². The number of nitrogen functional groups attached to an aromatic ring is 1. The normalized spacial score (nSPS) is 22.3. The predicted octanol–water partition coefficient (Wildman–Crippen LogP) is -5.51. The largest absolute Gasteiger partial charge is 0.790 e. The molecule has 0 aromatic carbocycles. The number of aliphatic hydroxyl groups excluding tert-OH is 3. The summed E-state index contributed by atoms with van der Waals surface area (Å²) in [7, 11) is -18.5. The summed E-state index contributed by atoms with van der Waals surface area (Å²) >= 11 is 0. The Hall–Kier alpha value is -1.60. The minimum absolute atomic E-state index is 0.0587. The number of aromatic amines is 1. The van der Waals surface area contributed by atoms with Crippen molar-refractivity contribution < 1.29 is 66.9 Å². The molecule has 0 aliphatic carbocycles. The first kappa shape index (κ1) is 26.7. The highest BCUT2D eigenvalue weighted by molar-refractivity contribution is 7.64. The number of nitrogens with one attached hydrogen (secondary N) is 1. The molecule has 7 N–H and O–H groups in total. The summed E-state index contributed by atoms with van der Waals surface area (Å²) in [6, 6.07) is 0. The van der Waals surface area contributed by atoms with Gasteiger partial charge in [-0.25, -0.2) is 14.4 Å². The van der Waals surface area contributed by atoms with E-state index in [9.17, 15) is 58.6 Å². The van der Waals surface area contributed by atoms with Crippen LogP contribution in [-0.4, -0.2) is 61.2 Å². The molecular formula is C9H12N5O15P3-4. The minimum atomic E-state index is -6.25. The number of anilines is 2. The lowest BCUT2D eigenvalue weighted by atomic mass is 10.1. The van der Waals surface area contributed by atoms with Gasteiger partial charge in [0.15, 0.2) is 17.7 Å². The van der Waals surface area contributed by atoms with Crippen molar-refractivity contribution >= 4 is 46.6 Å². The maximum absolute atomic E-state index is 11.9. The molecule has 1 aliphatic rings. The number of fused-ring (bicyclic) bond motifs is 1. The number of aliphatic hydroxyl groups is 3. The average Bonchev–Trinajstić information content (AvgIpc) is 2.59. The molecule has 32 heavy (non-hydrogen) atoms. The molecule has 2 heterocycles. The quantitative estimate of drug-likeness (QED) is 0.164. The number of aromatic nitrogens is 2. The van der Waals surface area contributed by atoms with E-state index in [-0.39, 0.29) is 5.06 Å². The number of nitrogens with two attached hydrogens (primary N) is 1. The van der Waals surface area contributed by atoms with Gasteiger partial charge in [-0.15, -0.1) is 0 Å². The minimum Gasteiger partial charge on any atom is -0.790 e. The lowest BCUT2D eigenvalue weighted by Gasteiger charge is -2.37. The Kier molecular flexibility index (Phi) is 7.77. The first-order chi connectivity index (χ1) is 14.4. The molecule has 1 aromatic heterocycles. The monoisotopic (exact) mass is 523 g/mol. The molecular weight excluding hydrogens is 511 g/mol. The molecule has 5 unspecified atom stereocenters. The van der Waals surface area contributed by atoms with E-state index in [1.807, 2.05) is 4.98 Å². The molecule has 1 aliphatic heterocycles. The molecule has 23 heteroatoms. The zero-order chi connectivity index (χ0) is 24.6. The summed E-state index contributed by atoms with van der Waals surface area (Å²) in [6.07, 6.45) is -6.90. The van der Waals surface area contributed by atoms with Gasteiger partial charge in [-0.3, -0.25) is 28.4 Å². The van der Waals surface area contributed by atoms with E-state index in [1.54, 1.807) is 0 Å². The number of phosphoric acid groups is 3. The van der Waals surface area contributed by atoms with Crippen LogP contribution in [-0.2, 0) is 26.8 Å². The molecule has 2 rings (SSSR count). The number of rotatable bonds is 9. The second-order valence-corrected chi connectivity index (χ2v) is 9.94. The van der Waals surface area contributed by atoms with Crippen molar-refractivity contribution in [2.24, 2.45) is 4.99 Å². The van der Waals surface area contributed by atoms with Gasteiger partial charge in [-0.05, 0) is 0 Å². The topological polar surface area (TPSA) is 339 Å². The van der Waals surface area contributed by atoms with Crippen LogP contribution in [0.3, 0.4) is 0 Å². The lowest BCUT2D eigenvalue weighted by molar-refractivity contribution is -0.339. The summed E-state index contributed by atoms with van der Waals surface area (Å²) in [6.45, 7) is -1.49. The van der Waals surface area contributed by atoms with Crippen LogP contribution in [0.2, 0.25) is 0 Å². The molecule has 5 atom stereocenters. The van der Waals surface area contributed by atoms with E-state index in [0.29, 0.717) is 0 Å². The molecule has 0 radical (unpaired) electrons. The van der Waals surface area contributed by atoms with Crippen LogP contribution in [0.5, 0.6) is 0 Å². The van der Waals surface area contributed by atoms with Gasteiger partial charge >= 0.3 is 0 Å². The van der Waals surface area contributed by atoms with Gasteiger partial charge in [0, 0.05) is 0 Å². The van der Waals surface area contributed by atoms with Gasteiger partial charge in [-0.1, -0.05) is 0 Å². The van der Waals surface area contributed by atoms with E-state index >= 15 is 0 Å².